The maximum Gasteiger partial charge on any atom is 0.155 e. The second-order valence-electron chi connectivity index (χ2n) is 4.62. The third-order valence-corrected chi connectivity index (χ3v) is 3.76. The van der Waals surface area contributed by atoms with Crippen molar-refractivity contribution < 1.29 is 4.74 Å². The van der Waals surface area contributed by atoms with Crippen LogP contribution in [0.1, 0.15) is 0 Å². The SMILES string of the molecule is CPNc1ccc(Oc2ccnc(N)c2N)c2ccncc12. The van der Waals surface area contributed by atoms with Gasteiger partial charge in [-0.1, -0.05) is 0 Å². The fraction of sp³-hybridized carbons (Fsp3) is 0.0667. The van der Waals surface area contributed by atoms with Crippen molar-refractivity contribution in [3.8, 4) is 11.5 Å². The number of benzene rings is 1. The molecule has 2 heterocycles. The summed E-state index contributed by atoms with van der Waals surface area (Å²) in [6, 6.07) is 7.48. The average molecular weight is 313 g/mol. The van der Waals surface area contributed by atoms with Gasteiger partial charge in [0.25, 0.3) is 0 Å². The van der Waals surface area contributed by atoms with Crippen LogP contribution in [0.15, 0.2) is 42.9 Å². The van der Waals surface area contributed by atoms with E-state index in [1.807, 2.05) is 24.4 Å². The molecule has 0 aliphatic heterocycles. The van der Waals surface area contributed by atoms with Crippen molar-refractivity contribution in [2.45, 2.75) is 0 Å². The van der Waals surface area contributed by atoms with Gasteiger partial charge in [0.1, 0.15) is 17.3 Å². The number of ether oxygens (including phenoxy) is 1. The van der Waals surface area contributed by atoms with E-state index in [4.69, 9.17) is 16.2 Å². The smallest absolute Gasteiger partial charge is 0.155 e. The Labute approximate surface area is 129 Å². The first-order valence-corrected chi connectivity index (χ1v) is 8.18. The third kappa shape index (κ3) is 2.61. The number of hydrogen-bond acceptors (Lipinski definition) is 6. The van der Waals surface area contributed by atoms with Crippen LogP contribution in [0, 0.1) is 0 Å². The molecule has 0 aliphatic carbocycles. The maximum atomic E-state index is 5.94. The minimum Gasteiger partial charge on any atom is -0.454 e. The topological polar surface area (TPSA) is 99.1 Å². The highest BCUT2D eigenvalue weighted by atomic mass is 31.1. The minimum absolute atomic E-state index is 0.258. The summed E-state index contributed by atoms with van der Waals surface area (Å²) in [4.78, 5) is 8.12. The van der Waals surface area contributed by atoms with Gasteiger partial charge >= 0.3 is 0 Å². The number of nitrogens with zero attached hydrogens (tertiary/aromatic N) is 2. The number of hydrogen-bond donors (Lipinski definition) is 3. The zero-order valence-electron chi connectivity index (χ0n) is 12.0. The summed E-state index contributed by atoms with van der Waals surface area (Å²) in [6.07, 6.45) is 5.12. The van der Waals surface area contributed by atoms with Gasteiger partial charge in [-0.25, -0.2) is 4.98 Å². The Balaban J connectivity index is 2.08. The molecular weight excluding hydrogens is 297 g/mol. The molecule has 1 aromatic carbocycles. The molecule has 6 nitrogen and oxygen atoms in total. The molecule has 0 saturated heterocycles. The number of nitrogens with one attached hydrogen (secondary N) is 1. The van der Waals surface area contributed by atoms with Crippen molar-refractivity contribution >= 4 is 36.7 Å². The van der Waals surface area contributed by atoms with Crippen LogP contribution in [-0.4, -0.2) is 16.6 Å². The molecule has 22 heavy (non-hydrogen) atoms. The van der Waals surface area contributed by atoms with E-state index < -0.39 is 0 Å². The Morgan fingerprint density at radius 1 is 1.05 bits per heavy atom. The lowest BCUT2D eigenvalue weighted by Gasteiger charge is -2.14. The van der Waals surface area contributed by atoms with Crippen LogP contribution in [0.25, 0.3) is 10.8 Å². The molecule has 112 valence electrons. The monoisotopic (exact) mass is 313 g/mol. The summed E-state index contributed by atoms with van der Waals surface area (Å²) in [5.41, 5.74) is 13.0. The van der Waals surface area contributed by atoms with Crippen LogP contribution in [-0.2, 0) is 0 Å². The molecule has 3 aromatic rings. The number of pyridine rings is 2. The summed E-state index contributed by atoms with van der Waals surface area (Å²) in [7, 11) is 0.602. The summed E-state index contributed by atoms with van der Waals surface area (Å²) < 4.78 is 5.94. The van der Waals surface area contributed by atoms with Crippen molar-refractivity contribution in [2.75, 3.05) is 23.2 Å². The van der Waals surface area contributed by atoms with Crippen molar-refractivity contribution in [2.24, 2.45) is 0 Å². The summed E-state index contributed by atoms with van der Waals surface area (Å²) in [5, 5.41) is 5.29. The van der Waals surface area contributed by atoms with Crippen molar-refractivity contribution in [1.82, 2.24) is 9.97 Å². The second-order valence-corrected chi connectivity index (χ2v) is 5.37. The molecule has 0 saturated carbocycles. The van der Waals surface area contributed by atoms with E-state index in [9.17, 15) is 0 Å². The number of aromatic nitrogens is 2. The fourth-order valence-electron chi connectivity index (χ4n) is 2.17. The van der Waals surface area contributed by atoms with Gasteiger partial charge in [-0.15, -0.1) is 0 Å². The summed E-state index contributed by atoms with van der Waals surface area (Å²) >= 11 is 0. The van der Waals surface area contributed by atoms with Gasteiger partial charge < -0.3 is 21.3 Å². The Morgan fingerprint density at radius 3 is 2.73 bits per heavy atom. The Morgan fingerprint density at radius 2 is 1.91 bits per heavy atom. The molecule has 0 aliphatic rings. The lowest BCUT2D eigenvalue weighted by Crippen LogP contribution is -2.00. The number of nitrogen functional groups attached to an aromatic ring is 2. The standard InChI is InChI=1S/C15H16N5OP/c1-22-20-11-2-3-12(9-4-6-18-8-10(9)11)21-13-5-7-19-15(17)14(13)16/h2-8,20,22H,16H2,1H3,(H2,17,19). The molecule has 7 heteroatoms. The first-order valence-electron chi connectivity index (χ1n) is 6.68. The van der Waals surface area contributed by atoms with E-state index in [-0.39, 0.29) is 5.82 Å². The molecule has 0 spiro atoms. The van der Waals surface area contributed by atoms with Gasteiger partial charge in [-0.3, -0.25) is 4.98 Å². The van der Waals surface area contributed by atoms with E-state index in [1.54, 1.807) is 18.5 Å². The van der Waals surface area contributed by atoms with Crippen LogP contribution < -0.4 is 21.3 Å². The van der Waals surface area contributed by atoms with E-state index in [1.165, 1.54) is 0 Å². The second kappa shape index (κ2) is 6.03. The Hall–Kier alpha value is -2.59. The zero-order chi connectivity index (χ0) is 15.5. The lowest BCUT2D eigenvalue weighted by atomic mass is 10.1. The van der Waals surface area contributed by atoms with Crippen molar-refractivity contribution in [3.63, 3.8) is 0 Å². The van der Waals surface area contributed by atoms with Crippen LogP contribution in [0.4, 0.5) is 17.2 Å². The van der Waals surface area contributed by atoms with E-state index in [2.05, 4.69) is 21.7 Å². The molecule has 1 unspecified atom stereocenters. The molecule has 0 radical (unpaired) electrons. The molecule has 5 N–H and O–H groups in total. The molecular formula is C15H16N5OP. The normalized spacial score (nSPS) is 11.1. The van der Waals surface area contributed by atoms with E-state index >= 15 is 0 Å². The molecule has 0 amide bonds. The van der Waals surface area contributed by atoms with Crippen LogP contribution in [0.2, 0.25) is 0 Å². The molecule has 1 atom stereocenters. The van der Waals surface area contributed by atoms with Gasteiger partial charge in [0.15, 0.2) is 5.75 Å². The van der Waals surface area contributed by atoms with Crippen LogP contribution in [0.5, 0.6) is 11.5 Å². The van der Waals surface area contributed by atoms with Crippen LogP contribution >= 0.6 is 8.73 Å². The van der Waals surface area contributed by atoms with Crippen LogP contribution in [0.3, 0.4) is 0 Å². The van der Waals surface area contributed by atoms with Gasteiger partial charge in [0.05, 0.1) is 0 Å². The highest BCUT2D eigenvalue weighted by molar-refractivity contribution is 7.38. The Bertz CT molecular complexity index is 824. The lowest BCUT2D eigenvalue weighted by molar-refractivity contribution is 0.490. The van der Waals surface area contributed by atoms with E-state index in [0.717, 1.165) is 16.5 Å². The molecule has 0 fully saturated rings. The number of fused-ring (bicyclic) bond motifs is 1. The molecule has 2 aromatic heterocycles. The quantitative estimate of drug-likeness (QED) is 0.640. The Kier molecular flexibility index (Phi) is 3.94. The van der Waals surface area contributed by atoms with Gasteiger partial charge in [0.2, 0.25) is 0 Å². The highest BCUT2D eigenvalue weighted by Crippen LogP contribution is 2.37. The first kappa shape index (κ1) is 14.4. The van der Waals surface area contributed by atoms with Gasteiger partial charge in [-0.05, 0) is 33.6 Å². The zero-order valence-corrected chi connectivity index (χ0v) is 13.0. The summed E-state index contributed by atoms with van der Waals surface area (Å²) in [6.45, 7) is 2.08. The van der Waals surface area contributed by atoms with Crippen molar-refractivity contribution in [3.05, 3.63) is 42.9 Å². The highest BCUT2D eigenvalue weighted by Gasteiger charge is 2.10. The van der Waals surface area contributed by atoms with E-state index in [0.29, 0.717) is 25.9 Å². The summed E-state index contributed by atoms with van der Waals surface area (Å²) in [5.74, 6) is 1.44. The molecule has 3 rings (SSSR count). The fourth-order valence-corrected chi connectivity index (χ4v) is 2.66. The predicted molar refractivity (Wildman–Crippen MR) is 92.7 cm³/mol. The maximum absolute atomic E-state index is 5.94. The van der Waals surface area contributed by atoms with Gasteiger partial charge in [-0.2, -0.15) is 0 Å². The largest absolute Gasteiger partial charge is 0.454 e. The number of rotatable bonds is 4. The predicted octanol–water partition coefficient (Wildman–Crippen LogP) is 3.22. The number of nitrogens with two attached hydrogens (primary N) is 2. The third-order valence-electron chi connectivity index (χ3n) is 3.24. The molecule has 0 bridgehead atoms. The number of anilines is 3. The first-order chi connectivity index (χ1) is 10.7. The minimum atomic E-state index is 0.258. The van der Waals surface area contributed by atoms with Crippen molar-refractivity contribution in [1.29, 1.82) is 0 Å². The average Bonchev–Trinajstić information content (AvgIpc) is 2.54. The van der Waals surface area contributed by atoms with Gasteiger partial charge in [0, 0.05) is 41.1 Å².